The van der Waals surface area contributed by atoms with Gasteiger partial charge in [-0.15, -0.1) is 0 Å². The number of nitrogens with zero attached hydrogens (tertiary/aromatic N) is 2. The van der Waals surface area contributed by atoms with Gasteiger partial charge in [0.05, 0.1) is 12.5 Å². The molecule has 1 aliphatic heterocycles. The van der Waals surface area contributed by atoms with Crippen LogP contribution in [0.25, 0.3) is 0 Å². The predicted molar refractivity (Wildman–Crippen MR) is 91.5 cm³/mol. The number of likely N-dealkylation sites (N-methyl/N-ethyl adjacent to an activating group) is 1. The van der Waals surface area contributed by atoms with Crippen LogP contribution in [0.4, 0.5) is 0 Å². The summed E-state index contributed by atoms with van der Waals surface area (Å²) >= 11 is 5.85. The molecule has 0 radical (unpaired) electrons. The van der Waals surface area contributed by atoms with Crippen LogP contribution in [-0.4, -0.2) is 66.0 Å². The number of carbonyl (C=O) groups excluding carboxylic acids is 2. The van der Waals surface area contributed by atoms with Gasteiger partial charge in [-0.3, -0.25) is 14.4 Å². The lowest BCUT2D eigenvalue weighted by molar-refractivity contribution is -0.146. The molecule has 0 saturated carbocycles. The van der Waals surface area contributed by atoms with Gasteiger partial charge in [0.1, 0.15) is 5.75 Å². The molecule has 0 bridgehead atoms. The number of hydrogen-bond donors (Lipinski definition) is 1. The molecule has 1 heterocycles. The Morgan fingerprint density at radius 1 is 1.32 bits per heavy atom. The van der Waals surface area contributed by atoms with Crippen LogP contribution in [0.3, 0.4) is 0 Å². The van der Waals surface area contributed by atoms with Crippen LogP contribution in [0.15, 0.2) is 24.3 Å². The van der Waals surface area contributed by atoms with Crippen molar-refractivity contribution in [3.8, 4) is 5.75 Å². The molecule has 0 unspecified atom stereocenters. The van der Waals surface area contributed by atoms with E-state index in [4.69, 9.17) is 21.4 Å². The number of halogens is 1. The third-order valence-corrected chi connectivity index (χ3v) is 4.39. The molecular weight excluding hydrogens is 348 g/mol. The van der Waals surface area contributed by atoms with Crippen LogP contribution in [0, 0.1) is 5.92 Å². The normalized spacial score (nSPS) is 14.9. The van der Waals surface area contributed by atoms with Crippen molar-refractivity contribution >= 4 is 29.4 Å². The summed E-state index contributed by atoms with van der Waals surface area (Å²) in [6, 6.07) is 6.72. The van der Waals surface area contributed by atoms with E-state index in [9.17, 15) is 14.4 Å². The van der Waals surface area contributed by atoms with Crippen LogP contribution >= 0.6 is 11.6 Å². The second kappa shape index (κ2) is 8.71. The fourth-order valence-electron chi connectivity index (χ4n) is 2.58. The summed E-state index contributed by atoms with van der Waals surface area (Å²) in [6.07, 6.45) is 0.882. The lowest BCUT2D eigenvalue weighted by Crippen LogP contribution is -2.46. The van der Waals surface area contributed by atoms with Crippen molar-refractivity contribution in [3.05, 3.63) is 29.3 Å². The highest BCUT2D eigenvalue weighted by Crippen LogP contribution is 2.18. The average Bonchev–Trinajstić information content (AvgIpc) is 2.59. The standard InChI is InChI=1S/C17H21ClN2O5/c1-19(16(22)11-25-14-4-2-3-13(18)9-14)10-15(21)20-7-5-12(6-8-20)17(23)24/h2-4,9,12H,5-8,10-11H2,1H3,(H,23,24). The van der Waals surface area contributed by atoms with Crippen molar-refractivity contribution in [2.24, 2.45) is 5.92 Å². The van der Waals surface area contributed by atoms with E-state index in [0.717, 1.165) is 0 Å². The third kappa shape index (κ3) is 5.63. The van der Waals surface area contributed by atoms with Crippen molar-refractivity contribution in [2.45, 2.75) is 12.8 Å². The molecule has 0 aromatic heterocycles. The van der Waals surface area contributed by atoms with Crippen LogP contribution < -0.4 is 4.74 Å². The quantitative estimate of drug-likeness (QED) is 0.822. The molecule has 1 aliphatic rings. The molecule has 0 aliphatic carbocycles. The number of piperidine rings is 1. The number of amides is 2. The zero-order valence-electron chi connectivity index (χ0n) is 14.0. The monoisotopic (exact) mass is 368 g/mol. The molecular formula is C17H21ClN2O5. The smallest absolute Gasteiger partial charge is 0.306 e. The number of ether oxygens (including phenoxy) is 1. The SMILES string of the molecule is CN(CC(=O)N1CCC(C(=O)O)CC1)C(=O)COc1cccc(Cl)c1. The highest BCUT2D eigenvalue weighted by atomic mass is 35.5. The summed E-state index contributed by atoms with van der Waals surface area (Å²) in [4.78, 5) is 38.1. The summed E-state index contributed by atoms with van der Waals surface area (Å²) in [5, 5.41) is 9.49. The van der Waals surface area contributed by atoms with E-state index in [-0.39, 0.29) is 25.0 Å². The summed E-state index contributed by atoms with van der Waals surface area (Å²) in [5.74, 6) is -1.25. The van der Waals surface area contributed by atoms with E-state index < -0.39 is 11.9 Å². The summed E-state index contributed by atoms with van der Waals surface area (Å²) in [7, 11) is 1.53. The van der Waals surface area contributed by atoms with Crippen molar-refractivity contribution in [1.82, 2.24) is 9.80 Å². The Kier molecular flexibility index (Phi) is 6.64. The molecule has 2 rings (SSSR count). The summed E-state index contributed by atoms with van der Waals surface area (Å²) in [6.45, 7) is 0.550. The van der Waals surface area contributed by atoms with Crippen molar-refractivity contribution in [2.75, 3.05) is 33.3 Å². The first-order chi connectivity index (χ1) is 11.9. The van der Waals surface area contributed by atoms with E-state index in [1.807, 2.05) is 0 Å². The Bertz CT molecular complexity index is 644. The molecule has 1 N–H and O–H groups in total. The van der Waals surface area contributed by atoms with E-state index in [0.29, 0.717) is 36.7 Å². The highest BCUT2D eigenvalue weighted by Gasteiger charge is 2.27. The fraction of sp³-hybridized carbons (Fsp3) is 0.471. The molecule has 7 nitrogen and oxygen atoms in total. The molecule has 0 atom stereocenters. The first-order valence-corrected chi connectivity index (χ1v) is 8.37. The van der Waals surface area contributed by atoms with Gasteiger partial charge in [0, 0.05) is 25.2 Å². The van der Waals surface area contributed by atoms with Gasteiger partial charge in [0.2, 0.25) is 5.91 Å². The van der Waals surface area contributed by atoms with Crippen LogP contribution in [-0.2, 0) is 14.4 Å². The zero-order valence-corrected chi connectivity index (χ0v) is 14.7. The van der Waals surface area contributed by atoms with Crippen LogP contribution in [0.1, 0.15) is 12.8 Å². The number of carboxylic acid groups (broad SMARTS) is 1. The topological polar surface area (TPSA) is 87.2 Å². The number of carboxylic acids is 1. The highest BCUT2D eigenvalue weighted by molar-refractivity contribution is 6.30. The van der Waals surface area contributed by atoms with Gasteiger partial charge in [0.25, 0.3) is 5.91 Å². The summed E-state index contributed by atoms with van der Waals surface area (Å²) in [5.41, 5.74) is 0. The second-order valence-electron chi connectivity index (χ2n) is 5.99. The number of rotatable bonds is 6. The van der Waals surface area contributed by atoms with Crippen molar-refractivity contribution in [1.29, 1.82) is 0 Å². The van der Waals surface area contributed by atoms with Gasteiger partial charge in [0.15, 0.2) is 6.61 Å². The number of carbonyl (C=O) groups is 3. The van der Waals surface area contributed by atoms with Crippen molar-refractivity contribution in [3.63, 3.8) is 0 Å². The molecule has 136 valence electrons. The number of hydrogen-bond acceptors (Lipinski definition) is 4. The first kappa shape index (κ1) is 19.1. The summed E-state index contributed by atoms with van der Waals surface area (Å²) < 4.78 is 5.37. The number of likely N-dealkylation sites (tertiary alicyclic amines) is 1. The fourth-order valence-corrected chi connectivity index (χ4v) is 2.76. The maximum absolute atomic E-state index is 12.2. The maximum Gasteiger partial charge on any atom is 0.306 e. The molecule has 1 aromatic rings. The van der Waals surface area contributed by atoms with E-state index >= 15 is 0 Å². The van der Waals surface area contributed by atoms with Gasteiger partial charge >= 0.3 is 5.97 Å². The molecule has 1 fully saturated rings. The van der Waals surface area contributed by atoms with Crippen LogP contribution in [0.5, 0.6) is 5.75 Å². The first-order valence-electron chi connectivity index (χ1n) is 7.99. The lowest BCUT2D eigenvalue weighted by Gasteiger charge is -2.31. The molecule has 8 heteroatoms. The second-order valence-corrected chi connectivity index (χ2v) is 6.43. The van der Waals surface area contributed by atoms with Gasteiger partial charge in [-0.05, 0) is 31.0 Å². The van der Waals surface area contributed by atoms with Gasteiger partial charge in [-0.25, -0.2) is 0 Å². The average molecular weight is 369 g/mol. The van der Waals surface area contributed by atoms with Crippen molar-refractivity contribution < 1.29 is 24.2 Å². The van der Waals surface area contributed by atoms with Gasteiger partial charge in [-0.1, -0.05) is 17.7 Å². The Hall–Kier alpha value is -2.28. The van der Waals surface area contributed by atoms with Crippen LogP contribution in [0.2, 0.25) is 5.02 Å². The van der Waals surface area contributed by atoms with E-state index in [1.165, 1.54) is 11.9 Å². The molecule has 1 saturated heterocycles. The number of benzene rings is 1. The molecule has 25 heavy (non-hydrogen) atoms. The van der Waals surface area contributed by atoms with E-state index in [1.54, 1.807) is 29.2 Å². The minimum absolute atomic E-state index is 0.0600. The lowest BCUT2D eigenvalue weighted by atomic mass is 9.97. The molecule has 1 aromatic carbocycles. The van der Waals surface area contributed by atoms with Gasteiger partial charge in [-0.2, -0.15) is 0 Å². The molecule has 2 amide bonds. The van der Waals surface area contributed by atoms with E-state index in [2.05, 4.69) is 0 Å². The largest absolute Gasteiger partial charge is 0.484 e. The Morgan fingerprint density at radius 2 is 2.00 bits per heavy atom. The minimum Gasteiger partial charge on any atom is -0.484 e. The Labute approximate surface area is 151 Å². The minimum atomic E-state index is -0.822. The maximum atomic E-state index is 12.2. The third-order valence-electron chi connectivity index (χ3n) is 4.15. The predicted octanol–water partition coefficient (Wildman–Crippen LogP) is 1.50. The zero-order chi connectivity index (χ0) is 18.4. The molecule has 0 spiro atoms. The van der Waals surface area contributed by atoms with Gasteiger partial charge < -0.3 is 19.6 Å². The number of aliphatic carboxylic acids is 1. The Balaban J connectivity index is 1.76. The Morgan fingerprint density at radius 3 is 2.60 bits per heavy atom.